The maximum atomic E-state index is 14.4. The Kier molecular flexibility index (Phi) is 7.21. The van der Waals surface area contributed by atoms with Crippen LogP contribution in [0, 0.1) is 5.82 Å². The summed E-state index contributed by atoms with van der Waals surface area (Å²) in [6.45, 7) is 1.98. The Labute approximate surface area is 183 Å². The van der Waals surface area contributed by atoms with Crippen LogP contribution in [0.5, 0.6) is 5.75 Å². The Balaban J connectivity index is 2.05. The number of rotatable bonds is 9. The number of amides is 1. The number of likely N-dealkylation sites (N-methyl/N-ethyl adjacent to an activating group) is 1. The Morgan fingerprint density at radius 2 is 2.16 bits per heavy atom. The van der Waals surface area contributed by atoms with E-state index in [1.165, 1.54) is 12.4 Å². The lowest BCUT2D eigenvalue weighted by Crippen LogP contribution is -2.39. The fourth-order valence-electron chi connectivity index (χ4n) is 2.99. The highest BCUT2D eigenvalue weighted by atomic mass is 35.5. The van der Waals surface area contributed by atoms with Gasteiger partial charge in [-0.25, -0.2) is 14.4 Å². The smallest absolute Gasteiger partial charge is 0.234 e. The summed E-state index contributed by atoms with van der Waals surface area (Å²) < 4.78 is 20.1. The molecule has 0 saturated heterocycles. The molecular formula is C21H23ClFN5O3. The van der Waals surface area contributed by atoms with Crippen molar-refractivity contribution in [2.45, 2.75) is 19.5 Å². The molecule has 1 heterocycles. The molecule has 164 valence electrons. The first-order valence-electron chi connectivity index (χ1n) is 9.53. The van der Waals surface area contributed by atoms with E-state index in [1.807, 2.05) is 0 Å². The van der Waals surface area contributed by atoms with E-state index >= 15 is 0 Å². The number of anilines is 2. The molecule has 0 aliphatic heterocycles. The number of carbonyl (C=O) groups excluding carboxylic acids is 1. The van der Waals surface area contributed by atoms with Gasteiger partial charge in [-0.2, -0.15) is 0 Å². The second-order valence-corrected chi connectivity index (χ2v) is 7.40. The summed E-state index contributed by atoms with van der Waals surface area (Å²) in [7, 11) is 1.76. The van der Waals surface area contributed by atoms with Crippen molar-refractivity contribution in [3.8, 4) is 5.75 Å². The predicted octanol–water partition coefficient (Wildman–Crippen LogP) is 2.84. The zero-order valence-electron chi connectivity index (χ0n) is 17.1. The van der Waals surface area contributed by atoms with Crippen molar-refractivity contribution < 1.29 is 19.0 Å². The highest BCUT2D eigenvalue weighted by molar-refractivity contribution is 6.31. The van der Waals surface area contributed by atoms with E-state index < -0.39 is 17.8 Å². The number of halogens is 2. The van der Waals surface area contributed by atoms with Gasteiger partial charge in [-0.05, 0) is 32.2 Å². The van der Waals surface area contributed by atoms with Gasteiger partial charge in [0.25, 0.3) is 0 Å². The van der Waals surface area contributed by atoms with Gasteiger partial charge in [-0.3, -0.25) is 9.69 Å². The molecule has 10 heteroatoms. The van der Waals surface area contributed by atoms with E-state index in [2.05, 4.69) is 15.3 Å². The van der Waals surface area contributed by atoms with Gasteiger partial charge in [0.2, 0.25) is 5.91 Å². The van der Waals surface area contributed by atoms with Crippen LogP contribution in [-0.2, 0) is 11.3 Å². The van der Waals surface area contributed by atoms with Crippen molar-refractivity contribution in [1.29, 1.82) is 0 Å². The van der Waals surface area contributed by atoms with E-state index in [0.29, 0.717) is 29.0 Å². The third-order valence-corrected chi connectivity index (χ3v) is 5.16. The first-order valence-corrected chi connectivity index (χ1v) is 9.91. The summed E-state index contributed by atoms with van der Waals surface area (Å²) >= 11 is 5.88. The maximum Gasteiger partial charge on any atom is 0.234 e. The molecule has 2 aromatic carbocycles. The molecule has 0 aliphatic rings. The number of hydrogen-bond acceptors (Lipinski definition) is 7. The number of fused-ring (bicyclic) bond motifs is 1. The maximum absolute atomic E-state index is 14.4. The van der Waals surface area contributed by atoms with E-state index in [4.69, 9.17) is 27.2 Å². The molecule has 4 N–H and O–H groups in total. The quantitative estimate of drug-likeness (QED) is 0.462. The third kappa shape index (κ3) is 5.19. The van der Waals surface area contributed by atoms with Crippen LogP contribution >= 0.6 is 11.6 Å². The van der Waals surface area contributed by atoms with E-state index in [1.54, 1.807) is 43.1 Å². The van der Waals surface area contributed by atoms with Gasteiger partial charge < -0.3 is 20.9 Å². The molecule has 0 fully saturated rings. The number of ether oxygens (including phenoxy) is 1. The SMILES string of the molecule is C[C@H](C(N)=O)N(C)Cc1cc2c(Nc3cccc(Cl)c3F)ncnc2cc1OCCO. The van der Waals surface area contributed by atoms with E-state index in [0.717, 1.165) is 5.56 Å². The largest absolute Gasteiger partial charge is 0.491 e. The molecule has 0 unspecified atom stereocenters. The zero-order valence-corrected chi connectivity index (χ0v) is 17.9. The third-order valence-electron chi connectivity index (χ3n) is 4.86. The van der Waals surface area contributed by atoms with Crippen molar-refractivity contribution in [3.63, 3.8) is 0 Å². The summed E-state index contributed by atoms with van der Waals surface area (Å²) in [6, 6.07) is 7.65. The lowest BCUT2D eigenvalue weighted by molar-refractivity contribution is -0.122. The van der Waals surface area contributed by atoms with Gasteiger partial charge >= 0.3 is 0 Å². The minimum absolute atomic E-state index is 0.00851. The number of nitrogens with two attached hydrogens (primary N) is 1. The van der Waals surface area contributed by atoms with Crippen LogP contribution in [0.15, 0.2) is 36.7 Å². The van der Waals surface area contributed by atoms with Crippen molar-refractivity contribution in [3.05, 3.63) is 53.1 Å². The molecule has 0 radical (unpaired) electrons. The van der Waals surface area contributed by atoms with Crippen LogP contribution in [0.25, 0.3) is 10.9 Å². The molecule has 1 amide bonds. The molecule has 1 aromatic heterocycles. The standard InChI is InChI=1S/C21H23ClFN5O3/c1-12(20(24)30)28(2)10-13-8-14-17(9-18(13)31-7-6-29)25-11-26-21(14)27-16-5-3-4-15(22)19(16)23/h3-5,8-9,11-12,29H,6-7,10H2,1-2H3,(H2,24,30)(H,25,26,27)/t12-/m1/s1. The number of aliphatic hydroxyl groups excluding tert-OH is 1. The Hall–Kier alpha value is -3.01. The number of primary amides is 1. The van der Waals surface area contributed by atoms with Gasteiger partial charge in [-0.1, -0.05) is 17.7 Å². The second kappa shape index (κ2) is 9.86. The number of nitrogens with one attached hydrogen (secondary N) is 1. The summed E-state index contributed by atoms with van der Waals surface area (Å²) in [6.07, 6.45) is 1.35. The molecule has 31 heavy (non-hydrogen) atoms. The fourth-order valence-corrected chi connectivity index (χ4v) is 3.17. The average molecular weight is 448 g/mol. The van der Waals surface area contributed by atoms with Gasteiger partial charge in [0.1, 0.15) is 24.5 Å². The highest BCUT2D eigenvalue weighted by Gasteiger charge is 2.19. The molecule has 8 nitrogen and oxygen atoms in total. The number of hydrogen-bond donors (Lipinski definition) is 3. The molecule has 1 atom stereocenters. The van der Waals surface area contributed by atoms with Gasteiger partial charge in [0.05, 0.1) is 28.9 Å². The van der Waals surface area contributed by atoms with Crippen LogP contribution in [-0.4, -0.2) is 52.2 Å². The minimum Gasteiger partial charge on any atom is -0.491 e. The summed E-state index contributed by atoms with van der Waals surface area (Å²) in [5.74, 6) is -0.160. The van der Waals surface area contributed by atoms with Crippen LogP contribution in [0.3, 0.4) is 0 Å². The van der Waals surface area contributed by atoms with E-state index in [9.17, 15) is 9.18 Å². The van der Waals surface area contributed by atoms with Crippen LogP contribution in [0.4, 0.5) is 15.9 Å². The molecular weight excluding hydrogens is 425 g/mol. The molecule has 0 bridgehead atoms. The number of aliphatic hydroxyl groups is 1. The Morgan fingerprint density at radius 1 is 1.39 bits per heavy atom. The molecule has 3 aromatic rings. The molecule has 3 rings (SSSR count). The van der Waals surface area contributed by atoms with Crippen molar-refractivity contribution >= 4 is 39.9 Å². The second-order valence-electron chi connectivity index (χ2n) is 6.99. The molecule has 0 spiro atoms. The van der Waals surface area contributed by atoms with E-state index in [-0.39, 0.29) is 23.9 Å². The fraction of sp³-hybridized carbons (Fsp3) is 0.286. The van der Waals surface area contributed by atoms with Gasteiger partial charge in [-0.15, -0.1) is 0 Å². The lowest BCUT2D eigenvalue weighted by Gasteiger charge is -2.23. The van der Waals surface area contributed by atoms with Crippen molar-refractivity contribution in [2.24, 2.45) is 5.73 Å². The first kappa shape index (κ1) is 22.7. The summed E-state index contributed by atoms with van der Waals surface area (Å²) in [5.41, 5.74) is 6.87. The monoisotopic (exact) mass is 447 g/mol. The van der Waals surface area contributed by atoms with Crippen molar-refractivity contribution in [1.82, 2.24) is 14.9 Å². The molecule has 0 saturated carbocycles. The number of nitrogens with zero attached hydrogens (tertiary/aromatic N) is 3. The van der Waals surface area contributed by atoms with Crippen LogP contribution in [0.2, 0.25) is 5.02 Å². The van der Waals surface area contributed by atoms with Gasteiger partial charge in [0, 0.05) is 23.6 Å². The number of carbonyl (C=O) groups is 1. The van der Waals surface area contributed by atoms with Crippen LogP contribution < -0.4 is 15.8 Å². The minimum atomic E-state index is -0.589. The Morgan fingerprint density at radius 3 is 2.87 bits per heavy atom. The normalized spacial score (nSPS) is 12.2. The topological polar surface area (TPSA) is 114 Å². The average Bonchev–Trinajstić information content (AvgIpc) is 2.75. The van der Waals surface area contributed by atoms with Crippen LogP contribution in [0.1, 0.15) is 12.5 Å². The summed E-state index contributed by atoms with van der Waals surface area (Å²) in [4.78, 5) is 21.8. The van der Waals surface area contributed by atoms with Gasteiger partial charge in [0.15, 0.2) is 5.82 Å². The zero-order chi connectivity index (χ0) is 22.5. The van der Waals surface area contributed by atoms with Crippen molar-refractivity contribution in [2.75, 3.05) is 25.6 Å². The molecule has 0 aliphatic carbocycles. The Bertz CT molecular complexity index is 1100. The first-order chi connectivity index (χ1) is 14.8. The lowest BCUT2D eigenvalue weighted by atomic mass is 10.1. The highest BCUT2D eigenvalue weighted by Crippen LogP contribution is 2.32. The predicted molar refractivity (Wildman–Crippen MR) is 117 cm³/mol. The number of aromatic nitrogens is 2. The summed E-state index contributed by atoms with van der Waals surface area (Å²) in [5, 5.41) is 12.7. The number of benzene rings is 2.